The Morgan fingerprint density at radius 1 is 1.17 bits per heavy atom. The van der Waals surface area contributed by atoms with E-state index in [0.717, 1.165) is 0 Å². The molecular weight excluding hydrogens is 216 g/mol. The number of hydrogen-bond acceptors (Lipinski definition) is 0. The minimum Gasteiger partial charge on any atom is -0.0751 e. The number of aryl methyl sites for hydroxylation is 1. The van der Waals surface area contributed by atoms with Crippen LogP contribution in [0.4, 0.5) is 0 Å². The van der Waals surface area contributed by atoms with E-state index in [1.807, 2.05) is 0 Å². The Hall–Kier alpha value is -1.56. The van der Waals surface area contributed by atoms with Crippen LogP contribution in [0.3, 0.4) is 0 Å². The van der Waals surface area contributed by atoms with Gasteiger partial charge in [-0.1, -0.05) is 68.8 Å². The number of allylic oxidation sites excluding steroid dienone is 6. The highest BCUT2D eigenvalue weighted by Crippen LogP contribution is 2.48. The van der Waals surface area contributed by atoms with E-state index in [4.69, 9.17) is 0 Å². The van der Waals surface area contributed by atoms with Gasteiger partial charge in [-0.15, -0.1) is 0 Å². The normalized spacial score (nSPS) is 23.9. The fourth-order valence-corrected chi connectivity index (χ4v) is 3.05. The summed E-state index contributed by atoms with van der Waals surface area (Å²) >= 11 is 0. The summed E-state index contributed by atoms with van der Waals surface area (Å²) < 4.78 is 0. The van der Waals surface area contributed by atoms with Crippen molar-refractivity contribution in [3.63, 3.8) is 0 Å². The van der Waals surface area contributed by atoms with Crippen LogP contribution >= 0.6 is 0 Å². The number of fused-ring (bicyclic) bond motifs is 3. The van der Waals surface area contributed by atoms with Crippen LogP contribution in [0.5, 0.6) is 0 Å². The molecule has 0 aliphatic heterocycles. The van der Waals surface area contributed by atoms with Crippen LogP contribution in [0.1, 0.15) is 43.4 Å². The molecule has 0 amide bonds. The molecule has 2 aliphatic carbocycles. The first-order valence-corrected chi connectivity index (χ1v) is 6.71. The second-order valence-electron chi connectivity index (χ2n) is 6.17. The van der Waals surface area contributed by atoms with Crippen LogP contribution < -0.4 is 0 Å². The van der Waals surface area contributed by atoms with Gasteiger partial charge in [0.15, 0.2) is 0 Å². The smallest absolute Gasteiger partial charge is 0.00731 e. The summed E-state index contributed by atoms with van der Waals surface area (Å²) in [6.07, 6.45) is 9.21. The van der Waals surface area contributed by atoms with Crippen LogP contribution in [-0.2, 0) is 0 Å². The molecule has 0 nitrogen and oxygen atoms in total. The van der Waals surface area contributed by atoms with Crippen molar-refractivity contribution in [3.05, 3.63) is 64.8 Å². The molecule has 18 heavy (non-hydrogen) atoms. The summed E-state index contributed by atoms with van der Waals surface area (Å²) in [5, 5.41) is 0. The van der Waals surface area contributed by atoms with E-state index in [0.29, 0.717) is 5.92 Å². The molecule has 0 heteroatoms. The Balaban J connectivity index is 2.26. The zero-order chi connectivity index (χ0) is 12.9. The zero-order valence-corrected chi connectivity index (χ0v) is 11.6. The van der Waals surface area contributed by atoms with Gasteiger partial charge in [0, 0.05) is 11.3 Å². The molecule has 0 saturated carbocycles. The molecule has 0 bridgehead atoms. The van der Waals surface area contributed by atoms with Gasteiger partial charge in [0.1, 0.15) is 0 Å². The maximum absolute atomic E-state index is 2.42. The second-order valence-corrected chi connectivity index (χ2v) is 6.17. The molecule has 0 radical (unpaired) electrons. The van der Waals surface area contributed by atoms with Gasteiger partial charge in [0.05, 0.1) is 0 Å². The van der Waals surface area contributed by atoms with E-state index in [9.17, 15) is 0 Å². The Bertz CT molecular complexity index is 594. The van der Waals surface area contributed by atoms with Gasteiger partial charge in [0.2, 0.25) is 0 Å². The van der Waals surface area contributed by atoms with Gasteiger partial charge in [-0.05, 0) is 29.2 Å². The first-order chi connectivity index (χ1) is 8.48. The summed E-state index contributed by atoms with van der Waals surface area (Å²) in [5.74, 6) is 0.519. The van der Waals surface area contributed by atoms with Gasteiger partial charge >= 0.3 is 0 Å². The minimum atomic E-state index is 0.138. The summed E-state index contributed by atoms with van der Waals surface area (Å²) in [7, 11) is 0. The fourth-order valence-electron chi connectivity index (χ4n) is 3.05. The first-order valence-electron chi connectivity index (χ1n) is 6.71. The SMILES string of the molecule is Cc1ccc2c(c1)C1=CC(C)(C)C=CC=C1C2C. The topological polar surface area (TPSA) is 0 Å². The van der Waals surface area contributed by atoms with Crippen LogP contribution in [-0.4, -0.2) is 0 Å². The lowest BCUT2D eigenvalue weighted by molar-refractivity contribution is 0.629. The lowest BCUT2D eigenvalue weighted by Gasteiger charge is -2.15. The predicted molar refractivity (Wildman–Crippen MR) is 78.6 cm³/mol. The average molecular weight is 236 g/mol. The standard InChI is InChI=1S/C18H20/c1-12-7-8-15-13(2)14-6-5-9-18(3,4)11-17(14)16(15)10-12/h5-11,13H,1-4H3. The molecule has 0 spiro atoms. The maximum Gasteiger partial charge on any atom is 0.00731 e. The maximum atomic E-state index is 2.42. The molecule has 1 atom stereocenters. The third-order valence-electron chi connectivity index (χ3n) is 4.06. The van der Waals surface area contributed by atoms with Crippen molar-refractivity contribution in [2.24, 2.45) is 5.41 Å². The van der Waals surface area contributed by atoms with Gasteiger partial charge in [0.25, 0.3) is 0 Å². The third kappa shape index (κ3) is 1.68. The molecule has 0 aromatic heterocycles. The second kappa shape index (κ2) is 3.71. The van der Waals surface area contributed by atoms with Gasteiger partial charge in [-0.3, -0.25) is 0 Å². The number of hydrogen-bond donors (Lipinski definition) is 0. The van der Waals surface area contributed by atoms with E-state index >= 15 is 0 Å². The van der Waals surface area contributed by atoms with Gasteiger partial charge in [-0.2, -0.15) is 0 Å². The summed E-state index contributed by atoms with van der Waals surface area (Å²) in [5.41, 5.74) is 7.31. The fraction of sp³-hybridized carbons (Fsp3) is 0.333. The molecule has 1 aromatic rings. The van der Waals surface area contributed by atoms with Crippen molar-refractivity contribution in [1.82, 2.24) is 0 Å². The molecule has 0 N–H and O–H groups in total. The molecule has 0 heterocycles. The first kappa shape index (κ1) is 11.5. The summed E-state index contributed by atoms with van der Waals surface area (Å²) in [6.45, 7) is 9.03. The van der Waals surface area contributed by atoms with Crippen molar-refractivity contribution in [3.8, 4) is 0 Å². The predicted octanol–water partition coefficient (Wildman–Crippen LogP) is 5.02. The Labute approximate surface area is 110 Å². The molecule has 1 unspecified atom stereocenters. The van der Waals surface area contributed by atoms with E-state index in [1.54, 1.807) is 0 Å². The van der Waals surface area contributed by atoms with E-state index in [-0.39, 0.29) is 5.41 Å². The molecule has 2 aliphatic rings. The Morgan fingerprint density at radius 2 is 1.94 bits per heavy atom. The third-order valence-corrected chi connectivity index (χ3v) is 4.06. The van der Waals surface area contributed by atoms with Crippen LogP contribution in [0.2, 0.25) is 0 Å². The number of rotatable bonds is 0. The van der Waals surface area contributed by atoms with Crippen LogP contribution in [0.15, 0.2) is 48.1 Å². The van der Waals surface area contributed by atoms with Crippen molar-refractivity contribution in [1.29, 1.82) is 0 Å². The highest BCUT2D eigenvalue weighted by Gasteiger charge is 2.30. The highest BCUT2D eigenvalue weighted by molar-refractivity contribution is 5.89. The molecule has 1 aromatic carbocycles. The molecule has 0 saturated heterocycles. The van der Waals surface area contributed by atoms with Crippen LogP contribution in [0.25, 0.3) is 5.57 Å². The van der Waals surface area contributed by atoms with E-state index in [2.05, 4.69) is 70.2 Å². The lowest BCUT2D eigenvalue weighted by atomic mass is 9.89. The highest BCUT2D eigenvalue weighted by atomic mass is 14.3. The Kier molecular flexibility index (Phi) is 2.38. The summed E-state index contributed by atoms with van der Waals surface area (Å²) in [6, 6.07) is 6.85. The quantitative estimate of drug-likeness (QED) is 0.593. The largest absolute Gasteiger partial charge is 0.0751 e. The molecule has 3 rings (SSSR count). The Morgan fingerprint density at radius 3 is 2.72 bits per heavy atom. The molecule has 92 valence electrons. The summed E-state index contributed by atoms with van der Waals surface area (Å²) in [4.78, 5) is 0. The molecular formula is C18H20. The van der Waals surface area contributed by atoms with Gasteiger partial charge in [-0.25, -0.2) is 0 Å². The average Bonchev–Trinajstić information content (AvgIpc) is 2.46. The van der Waals surface area contributed by atoms with Crippen molar-refractivity contribution >= 4 is 5.57 Å². The monoisotopic (exact) mass is 236 g/mol. The van der Waals surface area contributed by atoms with E-state index in [1.165, 1.54) is 27.8 Å². The molecule has 0 fully saturated rings. The van der Waals surface area contributed by atoms with Crippen molar-refractivity contribution in [2.75, 3.05) is 0 Å². The van der Waals surface area contributed by atoms with E-state index < -0.39 is 0 Å². The van der Waals surface area contributed by atoms with Crippen molar-refractivity contribution < 1.29 is 0 Å². The lowest BCUT2D eigenvalue weighted by Crippen LogP contribution is -2.02. The zero-order valence-electron chi connectivity index (χ0n) is 11.6. The van der Waals surface area contributed by atoms with Crippen molar-refractivity contribution in [2.45, 2.75) is 33.6 Å². The number of benzene rings is 1. The van der Waals surface area contributed by atoms with Gasteiger partial charge < -0.3 is 0 Å². The van der Waals surface area contributed by atoms with Crippen LogP contribution in [0, 0.1) is 12.3 Å². The minimum absolute atomic E-state index is 0.138.